The van der Waals surface area contributed by atoms with Crippen LogP contribution in [-0.4, -0.2) is 47.4 Å². The van der Waals surface area contributed by atoms with Gasteiger partial charge >= 0.3 is 6.03 Å². The van der Waals surface area contributed by atoms with E-state index in [0.717, 1.165) is 18.5 Å². The molecule has 5 nitrogen and oxygen atoms in total. The lowest BCUT2D eigenvalue weighted by atomic mass is 10.3. The Balaban J connectivity index is 1.58. The molecule has 1 aromatic rings. The molecule has 2 fully saturated rings. The summed E-state index contributed by atoms with van der Waals surface area (Å²) in [5.41, 5.74) is 0.754. The molecule has 0 spiro atoms. The van der Waals surface area contributed by atoms with Crippen LogP contribution in [0.1, 0.15) is 12.8 Å². The van der Waals surface area contributed by atoms with Gasteiger partial charge in [-0.15, -0.1) is 0 Å². The number of benzene rings is 1. The zero-order chi connectivity index (χ0) is 13.2. The topological polar surface area (TPSA) is 52.7 Å². The van der Waals surface area contributed by atoms with Gasteiger partial charge in [-0.3, -0.25) is 4.79 Å². The third-order valence-corrected chi connectivity index (χ3v) is 3.56. The molecule has 3 rings (SSSR count). The highest BCUT2D eigenvalue weighted by molar-refractivity contribution is 5.93. The van der Waals surface area contributed by atoms with E-state index in [2.05, 4.69) is 5.32 Å². The van der Waals surface area contributed by atoms with Crippen LogP contribution in [0.5, 0.6) is 0 Å². The second-order valence-corrected chi connectivity index (χ2v) is 5.04. The molecule has 5 heteroatoms. The minimum absolute atomic E-state index is 0.0666. The van der Waals surface area contributed by atoms with Crippen molar-refractivity contribution < 1.29 is 9.59 Å². The van der Waals surface area contributed by atoms with Gasteiger partial charge in [0.15, 0.2) is 0 Å². The van der Waals surface area contributed by atoms with Crippen molar-refractivity contribution in [1.82, 2.24) is 9.80 Å². The Kier molecular flexibility index (Phi) is 3.11. The summed E-state index contributed by atoms with van der Waals surface area (Å²) in [6.07, 6.45) is 2.23. The molecule has 100 valence electrons. The molecule has 1 aromatic carbocycles. The minimum atomic E-state index is -0.199. The lowest BCUT2D eigenvalue weighted by Crippen LogP contribution is -2.53. The van der Waals surface area contributed by atoms with E-state index in [0.29, 0.717) is 19.1 Å². The number of urea groups is 1. The SMILES string of the molecule is O=C(Nc1ccccc1)N1CCN(C2CC2)C(=O)C1. The van der Waals surface area contributed by atoms with Gasteiger partial charge in [0.05, 0.1) is 0 Å². The molecule has 3 amide bonds. The second-order valence-electron chi connectivity index (χ2n) is 5.04. The number of hydrogen-bond acceptors (Lipinski definition) is 2. The fourth-order valence-corrected chi connectivity index (χ4v) is 2.36. The van der Waals surface area contributed by atoms with Crippen molar-refractivity contribution in [3.05, 3.63) is 30.3 Å². The molecular formula is C14H17N3O2. The summed E-state index contributed by atoms with van der Waals surface area (Å²) < 4.78 is 0. The first-order valence-electron chi connectivity index (χ1n) is 6.64. The highest BCUT2D eigenvalue weighted by atomic mass is 16.2. The molecule has 0 bridgehead atoms. The van der Waals surface area contributed by atoms with Crippen LogP contribution < -0.4 is 5.32 Å². The van der Waals surface area contributed by atoms with Crippen LogP contribution in [0.3, 0.4) is 0 Å². The number of carbonyl (C=O) groups is 2. The van der Waals surface area contributed by atoms with Gasteiger partial charge in [0.2, 0.25) is 5.91 Å². The maximum atomic E-state index is 12.0. The van der Waals surface area contributed by atoms with Gasteiger partial charge in [0, 0.05) is 24.8 Å². The van der Waals surface area contributed by atoms with Crippen molar-refractivity contribution in [3.63, 3.8) is 0 Å². The first kappa shape index (κ1) is 12.0. The summed E-state index contributed by atoms with van der Waals surface area (Å²) in [5, 5.41) is 2.81. The number of rotatable bonds is 2. The molecule has 0 aromatic heterocycles. The van der Waals surface area contributed by atoms with E-state index < -0.39 is 0 Å². The third kappa shape index (κ3) is 2.70. The molecule has 19 heavy (non-hydrogen) atoms. The zero-order valence-corrected chi connectivity index (χ0v) is 10.7. The highest BCUT2D eigenvalue weighted by Crippen LogP contribution is 2.28. The minimum Gasteiger partial charge on any atom is -0.336 e. The Morgan fingerprint density at radius 2 is 1.89 bits per heavy atom. The number of nitrogens with one attached hydrogen (secondary N) is 1. The van der Waals surface area contributed by atoms with Crippen molar-refractivity contribution >= 4 is 17.6 Å². The number of hydrogen-bond donors (Lipinski definition) is 1. The van der Waals surface area contributed by atoms with Gasteiger partial charge in [-0.1, -0.05) is 18.2 Å². The summed E-state index contributed by atoms with van der Waals surface area (Å²) in [6, 6.07) is 9.53. The maximum absolute atomic E-state index is 12.0. The molecular weight excluding hydrogens is 242 g/mol. The van der Waals surface area contributed by atoms with Gasteiger partial charge in [0.1, 0.15) is 6.54 Å². The molecule has 1 aliphatic heterocycles. The first-order chi connectivity index (χ1) is 9.24. The summed E-state index contributed by atoms with van der Waals surface area (Å²) in [4.78, 5) is 27.5. The smallest absolute Gasteiger partial charge is 0.322 e. The Bertz CT molecular complexity index is 485. The van der Waals surface area contributed by atoms with E-state index in [1.54, 1.807) is 4.90 Å². The largest absolute Gasteiger partial charge is 0.336 e. The van der Waals surface area contributed by atoms with Gasteiger partial charge in [-0.2, -0.15) is 0 Å². The first-order valence-corrected chi connectivity index (χ1v) is 6.64. The molecule has 1 saturated heterocycles. The van der Waals surface area contributed by atoms with Gasteiger partial charge in [-0.05, 0) is 25.0 Å². The summed E-state index contributed by atoms with van der Waals surface area (Å²) in [7, 11) is 0. The second kappa shape index (κ2) is 4.91. The van der Waals surface area contributed by atoms with E-state index in [4.69, 9.17) is 0 Å². The van der Waals surface area contributed by atoms with E-state index in [1.807, 2.05) is 35.2 Å². The van der Waals surface area contributed by atoms with E-state index in [1.165, 1.54) is 0 Å². The predicted octanol–water partition coefficient (Wildman–Crippen LogP) is 1.53. The Morgan fingerprint density at radius 3 is 2.53 bits per heavy atom. The number of anilines is 1. The van der Waals surface area contributed by atoms with E-state index in [9.17, 15) is 9.59 Å². The summed E-state index contributed by atoms with van der Waals surface area (Å²) in [5.74, 6) is 0.0666. The van der Waals surface area contributed by atoms with Crippen LogP contribution in [0, 0.1) is 0 Å². The molecule has 1 heterocycles. The van der Waals surface area contributed by atoms with Crippen LogP contribution in [0.2, 0.25) is 0 Å². The number of amides is 3. The number of para-hydroxylation sites is 1. The van der Waals surface area contributed by atoms with Crippen molar-refractivity contribution in [1.29, 1.82) is 0 Å². The zero-order valence-electron chi connectivity index (χ0n) is 10.7. The normalized spacial score (nSPS) is 19.5. The van der Waals surface area contributed by atoms with Crippen molar-refractivity contribution in [2.24, 2.45) is 0 Å². The standard InChI is InChI=1S/C14H17N3O2/c18-13-10-16(8-9-17(13)12-6-7-12)14(19)15-11-4-2-1-3-5-11/h1-5,12H,6-10H2,(H,15,19). The van der Waals surface area contributed by atoms with Crippen molar-refractivity contribution in [2.45, 2.75) is 18.9 Å². The average molecular weight is 259 g/mol. The molecule has 0 radical (unpaired) electrons. The van der Waals surface area contributed by atoms with Gasteiger partial charge < -0.3 is 15.1 Å². The van der Waals surface area contributed by atoms with Crippen LogP contribution in [-0.2, 0) is 4.79 Å². The Morgan fingerprint density at radius 1 is 1.16 bits per heavy atom. The van der Waals surface area contributed by atoms with E-state index in [-0.39, 0.29) is 18.5 Å². The van der Waals surface area contributed by atoms with Gasteiger partial charge in [-0.25, -0.2) is 4.79 Å². The van der Waals surface area contributed by atoms with Crippen molar-refractivity contribution in [3.8, 4) is 0 Å². The van der Waals surface area contributed by atoms with Gasteiger partial charge in [0.25, 0.3) is 0 Å². The molecule has 0 atom stereocenters. The lowest BCUT2D eigenvalue weighted by Gasteiger charge is -2.34. The fraction of sp³-hybridized carbons (Fsp3) is 0.429. The molecule has 2 aliphatic rings. The van der Waals surface area contributed by atoms with Crippen LogP contribution in [0.15, 0.2) is 30.3 Å². The molecule has 1 saturated carbocycles. The highest BCUT2D eigenvalue weighted by Gasteiger charge is 2.36. The van der Waals surface area contributed by atoms with Crippen LogP contribution >= 0.6 is 0 Å². The van der Waals surface area contributed by atoms with Crippen LogP contribution in [0.25, 0.3) is 0 Å². The molecule has 0 unspecified atom stereocenters. The quantitative estimate of drug-likeness (QED) is 0.875. The molecule has 1 aliphatic carbocycles. The fourth-order valence-electron chi connectivity index (χ4n) is 2.36. The predicted molar refractivity (Wildman–Crippen MR) is 71.8 cm³/mol. The van der Waals surface area contributed by atoms with E-state index >= 15 is 0 Å². The third-order valence-electron chi connectivity index (χ3n) is 3.56. The number of carbonyl (C=O) groups excluding carboxylic acids is 2. The van der Waals surface area contributed by atoms with Crippen LogP contribution in [0.4, 0.5) is 10.5 Å². The maximum Gasteiger partial charge on any atom is 0.322 e. The Labute approximate surface area is 112 Å². The summed E-state index contributed by atoms with van der Waals surface area (Å²) in [6.45, 7) is 1.46. The monoisotopic (exact) mass is 259 g/mol. The summed E-state index contributed by atoms with van der Waals surface area (Å²) >= 11 is 0. The Hall–Kier alpha value is -2.04. The number of nitrogens with zero attached hydrogens (tertiary/aromatic N) is 2. The number of piperazine rings is 1. The van der Waals surface area contributed by atoms with Crippen molar-refractivity contribution in [2.75, 3.05) is 25.0 Å². The lowest BCUT2D eigenvalue weighted by molar-refractivity contribution is -0.135. The average Bonchev–Trinajstić information content (AvgIpc) is 3.24. The molecule has 1 N–H and O–H groups in total.